The largest absolute Gasteiger partial charge is 0.454 e. The van der Waals surface area contributed by atoms with Gasteiger partial charge in [0.2, 0.25) is 11.9 Å². The fourth-order valence-corrected chi connectivity index (χ4v) is 2.56. The number of esters is 1. The summed E-state index contributed by atoms with van der Waals surface area (Å²) >= 11 is 11.8. The number of nitrogens with zero attached hydrogens (tertiary/aromatic N) is 3. The predicted octanol–water partition coefficient (Wildman–Crippen LogP) is 3.86. The molecule has 0 fully saturated rings. The highest BCUT2D eigenvalue weighted by Gasteiger charge is 2.14. The Morgan fingerprint density at radius 2 is 1.85 bits per heavy atom. The highest BCUT2D eigenvalue weighted by molar-refractivity contribution is 6.36. The molecule has 26 heavy (non-hydrogen) atoms. The summed E-state index contributed by atoms with van der Waals surface area (Å²) < 4.78 is 5.19. The molecule has 0 amide bonds. The minimum Gasteiger partial charge on any atom is -0.454 e. The minimum absolute atomic E-state index is 0.00834. The number of para-hydroxylation sites is 1. The lowest BCUT2D eigenvalue weighted by Crippen LogP contribution is -2.11. The van der Waals surface area contributed by atoms with Crippen LogP contribution in [0.2, 0.25) is 10.0 Å². The van der Waals surface area contributed by atoms with E-state index < -0.39 is 5.97 Å². The molecular weight excluding hydrogens is 377 g/mol. The molecule has 7 nitrogen and oxygen atoms in total. The second kappa shape index (κ2) is 7.99. The summed E-state index contributed by atoms with van der Waals surface area (Å²) in [5.74, 6) is -0.161. The highest BCUT2D eigenvalue weighted by Crippen LogP contribution is 2.22. The van der Waals surface area contributed by atoms with Gasteiger partial charge < -0.3 is 15.8 Å². The van der Waals surface area contributed by atoms with Crippen molar-refractivity contribution in [2.24, 2.45) is 0 Å². The molecule has 1 heterocycles. The number of carbonyl (C=O) groups excluding carboxylic acids is 1. The first kappa shape index (κ1) is 17.9. The molecule has 0 aliphatic carbocycles. The van der Waals surface area contributed by atoms with E-state index in [0.717, 1.165) is 5.69 Å². The van der Waals surface area contributed by atoms with Crippen molar-refractivity contribution in [1.29, 1.82) is 0 Å². The topological polar surface area (TPSA) is 103 Å². The first-order valence-electron chi connectivity index (χ1n) is 7.46. The molecule has 0 saturated carbocycles. The maximum atomic E-state index is 12.1. The quantitative estimate of drug-likeness (QED) is 0.638. The second-order valence-corrected chi connectivity index (χ2v) is 5.97. The number of anilines is 3. The van der Waals surface area contributed by atoms with Gasteiger partial charge in [0, 0.05) is 10.7 Å². The number of nitrogens with one attached hydrogen (secondary N) is 1. The lowest BCUT2D eigenvalue weighted by molar-refractivity contribution is 0.0462. The number of aromatic nitrogens is 3. The lowest BCUT2D eigenvalue weighted by atomic mass is 10.2. The van der Waals surface area contributed by atoms with Gasteiger partial charge in [-0.05, 0) is 30.3 Å². The van der Waals surface area contributed by atoms with Crippen molar-refractivity contribution in [3.8, 4) is 0 Å². The predicted molar refractivity (Wildman–Crippen MR) is 99.5 cm³/mol. The van der Waals surface area contributed by atoms with Crippen LogP contribution in [0.15, 0.2) is 48.5 Å². The number of hydrogen-bond donors (Lipinski definition) is 2. The van der Waals surface area contributed by atoms with Gasteiger partial charge in [-0.1, -0.05) is 41.4 Å². The number of hydrogen-bond acceptors (Lipinski definition) is 7. The third-order valence-electron chi connectivity index (χ3n) is 3.21. The molecule has 3 aromatic rings. The Morgan fingerprint density at radius 3 is 2.58 bits per heavy atom. The highest BCUT2D eigenvalue weighted by atomic mass is 35.5. The Kier molecular flexibility index (Phi) is 5.50. The standard InChI is InChI=1S/C17H13Cl2N5O2/c18-10-6-7-12(13(19)8-10)15(25)26-9-14-22-16(20)24-17(23-14)21-11-4-2-1-3-5-11/h1-8H,9H2,(H3,20,21,22,23,24). The third kappa shape index (κ3) is 4.59. The Hall–Kier alpha value is -2.90. The van der Waals surface area contributed by atoms with Gasteiger partial charge in [-0.25, -0.2) is 4.79 Å². The smallest absolute Gasteiger partial charge is 0.340 e. The van der Waals surface area contributed by atoms with E-state index in [9.17, 15) is 4.79 Å². The van der Waals surface area contributed by atoms with E-state index in [1.807, 2.05) is 30.3 Å². The number of ether oxygens (including phenoxy) is 1. The van der Waals surface area contributed by atoms with Crippen LogP contribution in [0, 0.1) is 0 Å². The molecule has 0 aliphatic rings. The first-order valence-corrected chi connectivity index (χ1v) is 8.21. The molecule has 3 N–H and O–H groups in total. The molecule has 3 rings (SSSR count). The van der Waals surface area contributed by atoms with E-state index in [2.05, 4.69) is 20.3 Å². The maximum Gasteiger partial charge on any atom is 0.340 e. The zero-order valence-electron chi connectivity index (χ0n) is 13.3. The molecule has 0 bridgehead atoms. The molecule has 1 aromatic heterocycles. The number of rotatable bonds is 5. The van der Waals surface area contributed by atoms with Crippen LogP contribution in [0.25, 0.3) is 0 Å². The Labute approximate surface area is 159 Å². The minimum atomic E-state index is -0.622. The molecule has 132 valence electrons. The van der Waals surface area contributed by atoms with Crippen LogP contribution in [0.5, 0.6) is 0 Å². The number of carbonyl (C=O) groups is 1. The maximum absolute atomic E-state index is 12.1. The number of benzene rings is 2. The summed E-state index contributed by atoms with van der Waals surface area (Å²) in [7, 11) is 0. The number of nitrogens with two attached hydrogens (primary N) is 1. The van der Waals surface area contributed by atoms with Crippen LogP contribution in [-0.4, -0.2) is 20.9 Å². The average molecular weight is 390 g/mol. The molecule has 9 heteroatoms. The van der Waals surface area contributed by atoms with E-state index in [0.29, 0.717) is 5.02 Å². The molecule has 0 atom stereocenters. The van der Waals surface area contributed by atoms with Gasteiger partial charge in [0.25, 0.3) is 0 Å². The van der Waals surface area contributed by atoms with E-state index in [1.165, 1.54) is 12.1 Å². The van der Waals surface area contributed by atoms with Crippen molar-refractivity contribution in [1.82, 2.24) is 15.0 Å². The van der Waals surface area contributed by atoms with Crippen molar-refractivity contribution >= 4 is 46.8 Å². The van der Waals surface area contributed by atoms with Crippen molar-refractivity contribution < 1.29 is 9.53 Å². The summed E-state index contributed by atoms with van der Waals surface area (Å²) in [6.45, 7) is -0.187. The molecule has 0 saturated heterocycles. The van der Waals surface area contributed by atoms with Crippen molar-refractivity contribution in [2.75, 3.05) is 11.1 Å². The normalized spacial score (nSPS) is 10.4. The summed E-state index contributed by atoms with van der Waals surface area (Å²) in [5, 5.41) is 3.62. The van der Waals surface area contributed by atoms with Gasteiger partial charge in [0.1, 0.15) is 0 Å². The van der Waals surface area contributed by atoms with Gasteiger partial charge in [0.05, 0.1) is 10.6 Å². The number of nitrogen functional groups attached to an aromatic ring is 1. The fraction of sp³-hybridized carbons (Fsp3) is 0.0588. The monoisotopic (exact) mass is 389 g/mol. The molecule has 0 spiro atoms. The van der Waals surface area contributed by atoms with Gasteiger partial charge in [-0.3, -0.25) is 0 Å². The van der Waals surface area contributed by atoms with Crippen molar-refractivity contribution in [3.63, 3.8) is 0 Å². The van der Waals surface area contributed by atoms with Crippen LogP contribution in [0.1, 0.15) is 16.2 Å². The van der Waals surface area contributed by atoms with Gasteiger partial charge in [-0.15, -0.1) is 0 Å². The molecule has 0 radical (unpaired) electrons. The van der Waals surface area contributed by atoms with Crippen LogP contribution >= 0.6 is 23.2 Å². The molecular formula is C17H13Cl2N5O2. The van der Waals surface area contributed by atoms with E-state index in [-0.39, 0.29) is 34.9 Å². The average Bonchev–Trinajstić information content (AvgIpc) is 2.60. The summed E-state index contributed by atoms with van der Waals surface area (Å²) in [5.41, 5.74) is 6.67. The summed E-state index contributed by atoms with van der Waals surface area (Å²) in [6.07, 6.45) is 0. The number of halogens is 2. The van der Waals surface area contributed by atoms with Gasteiger partial charge >= 0.3 is 5.97 Å². The van der Waals surface area contributed by atoms with Crippen molar-refractivity contribution in [3.05, 3.63) is 70.0 Å². The van der Waals surface area contributed by atoms with Gasteiger partial charge in [-0.2, -0.15) is 15.0 Å². The lowest BCUT2D eigenvalue weighted by Gasteiger charge is -2.08. The van der Waals surface area contributed by atoms with E-state index >= 15 is 0 Å². The molecule has 0 aliphatic heterocycles. The Balaban J connectivity index is 1.70. The second-order valence-electron chi connectivity index (χ2n) is 5.12. The first-order chi connectivity index (χ1) is 12.5. The van der Waals surface area contributed by atoms with Crippen LogP contribution in [0.4, 0.5) is 17.6 Å². The fourth-order valence-electron chi connectivity index (χ4n) is 2.07. The summed E-state index contributed by atoms with van der Waals surface area (Å²) in [6, 6.07) is 13.8. The van der Waals surface area contributed by atoms with Crippen LogP contribution in [0.3, 0.4) is 0 Å². The third-order valence-corrected chi connectivity index (χ3v) is 3.76. The zero-order valence-corrected chi connectivity index (χ0v) is 14.8. The summed E-state index contributed by atoms with van der Waals surface area (Å²) in [4.78, 5) is 24.3. The van der Waals surface area contributed by atoms with Crippen molar-refractivity contribution in [2.45, 2.75) is 6.61 Å². The zero-order chi connectivity index (χ0) is 18.5. The van der Waals surface area contributed by atoms with Crippen LogP contribution in [-0.2, 0) is 11.3 Å². The molecule has 0 unspecified atom stereocenters. The van der Waals surface area contributed by atoms with E-state index in [4.69, 9.17) is 33.7 Å². The SMILES string of the molecule is Nc1nc(COC(=O)c2ccc(Cl)cc2Cl)nc(Nc2ccccc2)n1. The Bertz CT molecular complexity index is 938. The van der Waals surface area contributed by atoms with Gasteiger partial charge in [0.15, 0.2) is 12.4 Å². The van der Waals surface area contributed by atoms with E-state index in [1.54, 1.807) is 6.07 Å². The molecule has 2 aromatic carbocycles. The Morgan fingerprint density at radius 1 is 1.08 bits per heavy atom. The van der Waals surface area contributed by atoms with Crippen LogP contribution < -0.4 is 11.1 Å².